The van der Waals surface area contributed by atoms with Gasteiger partial charge in [0, 0.05) is 0 Å². The number of sulfonamides is 1. The third-order valence-electron chi connectivity index (χ3n) is 1.93. The van der Waals surface area contributed by atoms with E-state index in [-0.39, 0.29) is 0 Å². The molecule has 0 aromatic carbocycles. The van der Waals surface area contributed by atoms with E-state index in [0.717, 1.165) is 0 Å². The lowest BCUT2D eigenvalue weighted by Gasteiger charge is -2.18. The quantitative estimate of drug-likeness (QED) is 0.316. The number of alkyl halides is 4. The number of halogens is 4. The topological polar surface area (TPSA) is 72.5 Å². The SMILES string of the molecule is CCC(C)(I)C(=O)OCNS(=O)(=O)CC(F)(F)F. The van der Waals surface area contributed by atoms with Crippen molar-refractivity contribution in [3.8, 4) is 0 Å². The zero-order valence-corrected chi connectivity index (χ0v) is 12.6. The Kier molecular flexibility index (Phi) is 6.33. The standard InChI is InChI=1S/C8H13F3INO4S/c1-3-7(2,12)6(14)17-5-13-18(15,16)4-8(9,10)11/h13H,3-5H2,1-2H3. The van der Waals surface area contributed by atoms with Gasteiger partial charge in [0.1, 0.15) is 3.42 Å². The molecule has 0 radical (unpaired) electrons. The fraction of sp³-hybridized carbons (Fsp3) is 0.875. The smallest absolute Gasteiger partial charge is 0.404 e. The van der Waals surface area contributed by atoms with Crippen LogP contribution >= 0.6 is 22.6 Å². The summed E-state index contributed by atoms with van der Waals surface area (Å²) in [7, 11) is -4.54. The molecule has 1 N–H and O–H groups in total. The molecule has 0 heterocycles. The lowest BCUT2D eigenvalue weighted by Crippen LogP contribution is -2.38. The Labute approximate surface area is 117 Å². The lowest BCUT2D eigenvalue weighted by molar-refractivity contribution is -0.145. The van der Waals surface area contributed by atoms with Gasteiger partial charge in [-0.15, -0.1) is 0 Å². The largest absolute Gasteiger partial charge is 0.448 e. The number of ether oxygens (including phenoxy) is 1. The van der Waals surface area contributed by atoms with Gasteiger partial charge in [-0.3, -0.25) is 4.79 Å². The van der Waals surface area contributed by atoms with E-state index in [2.05, 4.69) is 4.74 Å². The van der Waals surface area contributed by atoms with E-state index in [1.165, 1.54) is 0 Å². The number of carbonyl (C=O) groups excluding carboxylic acids is 1. The fourth-order valence-electron chi connectivity index (χ4n) is 0.746. The van der Waals surface area contributed by atoms with E-state index in [1.54, 1.807) is 18.6 Å². The summed E-state index contributed by atoms with van der Waals surface area (Å²) in [4.78, 5) is 11.4. The van der Waals surface area contributed by atoms with Crippen LogP contribution in [0.3, 0.4) is 0 Å². The lowest BCUT2D eigenvalue weighted by atomic mass is 10.1. The summed E-state index contributed by atoms with van der Waals surface area (Å²) in [6.45, 7) is 2.48. The molecule has 0 aliphatic rings. The van der Waals surface area contributed by atoms with Crippen LogP contribution in [0.4, 0.5) is 13.2 Å². The highest BCUT2D eigenvalue weighted by Gasteiger charge is 2.35. The third kappa shape index (κ3) is 7.36. The van der Waals surface area contributed by atoms with Crippen molar-refractivity contribution in [1.82, 2.24) is 4.72 Å². The van der Waals surface area contributed by atoms with Crippen molar-refractivity contribution in [3.05, 3.63) is 0 Å². The second-order valence-electron chi connectivity index (χ2n) is 3.65. The second kappa shape index (κ2) is 6.37. The van der Waals surface area contributed by atoms with Crippen LogP contribution in [0, 0.1) is 0 Å². The summed E-state index contributed by atoms with van der Waals surface area (Å²) >= 11 is 1.82. The fourth-order valence-corrected chi connectivity index (χ4v) is 1.67. The molecule has 0 amide bonds. The van der Waals surface area contributed by atoms with E-state index in [9.17, 15) is 26.4 Å². The van der Waals surface area contributed by atoms with Crippen molar-refractivity contribution in [2.75, 3.05) is 12.5 Å². The summed E-state index contributed by atoms with van der Waals surface area (Å²) < 4.78 is 62.7. The predicted molar refractivity (Wildman–Crippen MR) is 66.7 cm³/mol. The molecule has 0 saturated heterocycles. The maximum absolute atomic E-state index is 11.9. The Morgan fingerprint density at radius 2 is 1.89 bits per heavy atom. The molecular weight excluding hydrogens is 390 g/mol. The van der Waals surface area contributed by atoms with Gasteiger partial charge in [0.15, 0.2) is 12.5 Å². The normalized spacial score (nSPS) is 16.1. The van der Waals surface area contributed by atoms with Gasteiger partial charge in [-0.2, -0.15) is 17.9 Å². The van der Waals surface area contributed by atoms with Gasteiger partial charge in [0.05, 0.1) is 0 Å². The van der Waals surface area contributed by atoms with Crippen molar-refractivity contribution in [1.29, 1.82) is 0 Å². The van der Waals surface area contributed by atoms with Gasteiger partial charge in [0.2, 0.25) is 10.0 Å². The van der Waals surface area contributed by atoms with Crippen molar-refractivity contribution in [2.45, 2.75) is 29.9 Å². The highest BCUT2D eigenvalue weighted by Crippen LogP contribution is 2.23. The Morgan fingerprint density at radius 3 is 2.28 bits per heavy atom. The van der Waals surface area contributed by atoms with E-state index in [0.29, 0.717) is 6.42 Å². The van der Waals surface area contributed by atoms with Crippen LogP contribution < -0.4 is 4.72 Å². The van der Waals surface area contributed by atoms with E-state index < -0.39 is 38.1 Å². The number of carbonyl (C=O) groups is 1. The zero-order chi connectivity index (χ0) is 14.6. The first kappa shape index (κ1) is 17.9. The first-order valence-electron chi connectivity index (χ1n) is 4.80. The first-order valence-corrected chi connectivity index (χ1v) is 7.53. The molecule has 10 heteroatoms. The summed E-state index contributed by atoms with van der Waals surface area (Å²) in [6.07, 6.45) is -4.39. The van der Waals surface area contributed by atoms with E-state index in [1.807, 2.05) is 22.6 Å². The van der Waals surface area contributed by atoms with Crippen molar-refractivity contribution >= 4 is 38.6 Å². The van der Waals surface area contributed by atoms with Gasteiger partial charge in [0.25, 0.3) is 0 Å². The van der Waals surface area contributed by atoms with Crippen LogP contribution in [0.2, 0.25) is 0 Å². The summed E-state index contributed by atoms with van der Waals surface area (Å²) in [5, 5.41) is 0. The molecule has 0 aliphatic carbocycles. The number of nitrogens with one attached hydrogen (secondary N) is 1. The molecule has 0 bridgehead atoms. The maximum atomic E-state index is 11.9. The molecule has 0 rings (SSSR count). The minimum atomic E-state index is -4.84. The highest BCUT2D eigenvalue weighted by atomic mass is 127. The molecule has 0 aromatic heterocycles. The molecule has 1 unspecified atom stereocenters. The first-order chi connectivity index (χ1) is 7.90. The molecule has 5 nitrogen and oxygen atoms in total. The van der Waals surface area contributed by atoms with Crippen molar-refractivity contribution < 1.29 is 31.1 Å². The molecule has 1 atom stereocenters. The number of rotatable bonds is 6. The number of hydrogen-bond acceptors (Lipinski definition) is 4. The van der Waals surface area contributed by atoms with Crippen molar-refractivity contribution in [3.63, 3.8) is 0 Å². The molecule has 108 valence electrons. The van der Waals surface area contributed by atoms with E-state index in [4.69, 9.17) is 0 Å². The van der Waals surface area contributed by atoms with Crippen LogP contribution in [0.15, 0.2) is 0 Å². The average molecular weight is 403 g/mol. The predicted octanol–water partition coefficient (Wildman–Crippen LogP) is 1.57. The highest BCUT2D eigenvalue weighted by molar-refractivity contribution is 14.1. The van der Waals surface area contributed by atoms with Gasteiger partial charge in [-0.25, -0.2) is 8.42 Å². The Morgan fingerprint density at radius 1 is 1.39 bits per heavy atom. The van der Waals surface area contributed by atoms with Crippen LogP contribution in [-0.2, 0) is 19.6 Å². The molecule has 0 aliphatic heterocycles. The molecular formula is C8H13F3INO4S. The monoisotopic (exact) mass is 403 g/mol. The number of hydrogen-bond donors (Lipinski definition) is 1. The molecule has 0 aromatic rings. The summed E-state index contributed by atoms with van der Waals surface area (Å²) in [6, 6.07) is 0. The summed E-state index contributed by atoms with van der Waals surface area (Å²) in [5.74, 6) is -2.70. The van der Waals surface area contributed by atoms with Gasteiger partial charge < -0.3 is 4.74 Å². The number of esters is 1. The van der Waals surface area contributed by atoms with Crippen LogP contribution in [-0.4, -0.2) is 36.5 Å². The average Bonchev–Trinajstić information content (AvgIpc) is 2.13. The Hall–Kier alpha value is -0.100. The van der Waals surface area contributed by atoms with Gasteiger partial charge in [-0.05, 0) is 13.3 Å². The minimum Gasteiger partial charge on any atom is -0.448 e. The molecule has 0 fully saturated rings. The van der Waals surface area contributed by atoms with Crippen LogP contribution in [0.1, 0.15) is 20.3 Å². The molecule has 0 saturated carbocycles. The molecule has 0 spiro atoms. The zero-order valence-electron chi connectivity index (χ0n) is 9.67. The third-order valence-corrected chi connectivity index (χ3v) is 4.39. The maximum Gasteiger partial charge on any atom is 0.404 e. The van der Waals surface area contributed by atoms with E-state index >= 15 is 0 Å². The Bertz CT molecular complexity index is 394. The summed E-state index contributed by atoms with van der Waals surface area (Å²) in [5.41, 5.74) is 0. The Balaban J connectivity index is 4.25. The minimum absolute atomic E-state index is 0.446. The van der Waals surface area contributed by atoms with Crippen LogP contribution in [0.5, 0.6) is 0 Å². The van der Waals surface area contributed by atoms with Crippen molar-refractivity contribution in [2.24, 2.45) is 0 Å². The van der Waals surface area contributed by atoms with Crippen LogP contribution in [0.25, 0.3) is 0 Å². The van der Waals surface area contributed by atoms with Gasteiger partial charge >= 0.3 is 12.1 Å². The van der Waals surface area contributed by atoms with Gasteiger partial charge in [-0.1, -0.05) is 29.5 Å². The molecule has 18 heavy (non-hydrogen) atoms. The second-order valence-corrected chi connectivity index (χ2v) is 7.83.